The average Bonchev–Trinajstić information content (AvgIpc) is 2.93. The van der Waals surface area contributed by atoms with Gasteiger partial charge in [0.15, 0.2) is 0 Å². The summed E-state index contributed by atoms with van der Waals surface area (Å²) in [6.45, 7) is 3.83. The number of rotatable bonds is 11. The highest BCUT2D eigenvalue weighted by Crippen LogP contribution is 2.22. The van der Waals surface area contributed by atoms with Crippen molar-refractivity contribution in [1.82, 2.24) is 15.0 Å². The molecular weight excluding hydrogens is 562 g/mol. The fourth-order valence-electron chi connectivity index (χ4n) is 3.28. The Morgan fingerprint density at radius 3 is 2.38 bits per heavy atom. The van der Waals surface area contributed by atoms with E-state index in [1.54, 1.807) is 31.2 Å². The summed E-state index contributed by atoms with van der Waals surface area (Å²) in [5.74, 6) is -0.989. The van der Waals surface area contributed by atoms with Gasteiger partial charge in [-0.3, -0.25) is 9.59 Å². The molecule has 13 heteroatoms. The summed E-state index contributed by atoms with van der Waals surface area (Å²) in [5.41, 5.74) is 0.999. The van der Waals surface area contributed by atoms with Gasteiger partial charge in [0.25, 0.3) is 21.8 Å². The van der Waals surface area contributed by atoms with Crippen LogP contribution in [0.3, 0.4) is 0 Å². The maximum atomic E-state index is 12.7. The predicted molar refractivity (Wildman–Crippen MR) is 146 cm³/mol. The molecule has 3 rings (SSSR count). The first kappa shape index (κ1) is 30.4. The molecule has 2 amide bonds. The van der Waals surface area contributed by atoms with Crippen LogP contribution in [0.15, 0.2) is 65.7 Å². The Balaban J connectivity index is 1.54. The third-order valence-electron chi connectivity index (χ3n) is 5.62. The highest BCUT2D eigenvalue weighted by atomic mass is 35.5. The molecule has 1 aromatic heterocycles. The van der Waals surface area contributed by atoms with Crippen molar-refractivity contribution in [3.8, 4) is 11.6 Å². The van der Waals surface area contributed by atoms with Gasteiger partial charge in [0.05, 0.1) is 23.1 Å². The molecule has 11 nitrogen and oxygen atoms in total. The summed E-state index contributed by atoms with van der Waals surface area (Å²) < 4.78 is 42.5. The van der Waals surface area contributed by atoms with Crippen LogP contribution in [-0.2, 0) is 21.2 Å². The number of methoxy groups -OCH3 is 1. The third kappa shape index (κ3) is 8.42. The Hall–Kier alpha value is -4.16. The number of carbonyl (C=O) groups excluding carboxylic acids is 3. The number of nitrogens with one attached hydrogen (secondary N) is 2. The molecule has 2 N–H and O–H groups in total. The first-order valence-electron chi connectivity index (χ1n) is 12.1. The van der Waals surface area contributed by atoms with E-state index in [2.05, 4.69) is 10.3 Å². The quantitative estimate of drug-likeness (QED) is 0.314. The number of halogens is 1. The van der Waals surface area contributed by atoms with Crippen LogP contribution in [0, 0.1) is 0 Å². The fraction of sp³-hybridized carbons (Fsp3) is 0.259. The van der Waals surface area contributed by atoms with Crippen molar-refractivity contribution in [2.45, 2.75) is 37.7 Å². The first-order valence-corrected chi connectivity index (χ1v) is 14.0. The predicted octanol–water partition coefficient (Wildman–Crippen LogP) is 4.15. The molecule has 0 bridgehead atoms. The molecule has 0 radical (unpaired) electrons. The van der Waals surface area contributed by atoms with E-state index in [-0.39, 0.29) is 34.9 Å². The van der Waals surface area contributed by atoms with Crippen LogP contribution in [0.2, 0.25) is 5.02 Å². The Bertz CT molecular complexity index is 1460. The SMILES string of the molecule is CC[C@H](C)OC(=O)Oc1ccc(C(=O)NS(=O)(=O)c2ccc(CCNC(=O)c3cc(Cl)ccc3OC)cc2)cn1. The van der Waals surface area contributed by atoms with E-state index in [9.17, 15) is 22.8 Å². The lowest BCUT2D eigenvalue weighted by Gasteiger charge is -2.11. The van der Waals surface area contributed by atoms with Crippen molar-refractivity contribution in [2.24, 2.45) is 0 Å². The summed E-state index contributed by atoms with van der Waals surface area (Å²) in [4.78, 5) is 40.4. The monoisotopic (exact) mass is 589 g/mol. The molecule has 0 spiro atoms. The molecular formula is C27H28ClN3O8S. The highest BCUT2D eigenvalue weighted by Gasteiger charge is 2.20. The van der Waals surface area contributed by atoms with Crippen molar-refractivity contribution in [3.63, 3.8) is 0 Å². The highest BCUT2D eigenvalue weighted by molar-refractivity contribution is 7.90. The van der Waals surface area contributed by atoms with Gasteiger partial charge >= 0.3 is 6.16 Å². The summed E-state index contributed by atoms with van der Waals surface area (Å²) in [6.07, 6.45) is 0.841. The van der Waals surface area contributed by atoms with Gasteiger partial charge in [0, 0.05) is 23.8 Å². The summed E-state index contributed by atoms with van der Waals surface area (Å²) >= 11 is 5.97. The van der Waals surface area contributed by atoms with E-state index < -0.39 is 22.1 Å². The number of aromatic nitrogens is 1. The second kappa shape index (κ2) is 13.8. The number of sulfonamides is 1. The number of benzene rings is 2. The average molecular weight is 590 g/mol. The number of carbonyl (C=O) groups is 3. The molecule has 0 unspecified atom stereocenters. The molecule has 1 heterocycles. The minimum atomic E-state index is -4.18. The normalized spacial score (nSPS) is 11.7. The molecule has 0 aliphatic heterocycles. The molecule has 0 aliphatic rings. The Labute approximate surface area is 236 Å². The van der Waals surface area contributed by atoms with Gasteiger partial charge in [-0.2, -0.15) is 0 Å². The summed E-state index contributed by atoms with van der Waals surface area (Å²) in [7, 11) is -2.73. The minimum absolute atomic E-state index is 0.0603. The number of amides is 2. The largest absolute Gasteiger partial charge is 0.515 e. The van der Waals surface area contributed by atoms with Crippen molar-refractivity contribution in [1.29, 1.82) is 0 Å². The Kier molecular flexibility index (Phi) is 10.5. The molecule has 3 aromatic rings. The molecule has 1 atom stereocenters. The van der Waals surface area contributed by atoms with Crippen molar-refractivity contribution >= 4 is 39.6 Å². The Morgan fingerprint density at radius 2 is 1.75 bits per heavy atom. The van der Waals surface area contributed by atoms with Crippen molar-refractivity contribution < 1.29 is 37.0 Å². The van der Waals surface area contributed by atoms with Crippen LogP contribution < -0.4 is 19.5 Å². The summed E-state index contributed by atoms with van der Waals surface area (Å²) in [6, 6.07) is 13.1. The molecule has 0 fully saturated rings. The molecule has 0 saturated carbocycles. The lowest BCUT2D eigenvalue weighted by Crippen LogP contribution is -2.30. The number of hydrogen-bond donors (Lipinski definition) is 2. The minimum Gasteiger partial charge on any atom is -0.496 e. The second-order valence-electron chi connectivity index (χ2n) is 8.50. The van der Waals surface area contributed by atoms with E-state index in [4.69, 9.17) is 25.8 Å². The fourth-order valence-corrected chi connectivity index (χ4v) is 4.43. The number of nitrogens with zero attached hydrogens (tertiary/aromatic N) is 1. The zero-order valence-electron chi connectivity index (χ0n) is 22.0. The van der Waals surface area contributed by atoms with E-state index >= 15 is 0 Å². The van der Waals surface area contributed by atoms with Gasteiger partial charge in [-0.15, -0.1) is 0 Å². The smallest absolute Gasteiger partial charge is 0.496 e. The van der Waals surface area contributed by atoms with Gasteiger partial charge < -0.3 is 19.5 Å². The number of ether oxygens (including phenoxy) is 3. The topological polar surface area (TPSA) is 150 Å². The van der Waals surface area contributed by atoms with Gasteiger partial charge in [0.2, 0.25) is 5.88 Å². The molecule has 40 heavy (non-hydrogen) atoms. The lowest BCUT2D eigenvalue weighted by molar-refractivity contribution is 0.0631. The third-order valence-corrected chi connectivity index (χ3v) is 7.21. The molecule has 2 aromatic carbocycles. The Morgan fingerprint density at radius 1 is 1.02 bits per heavy atom. The van der Waals surface area contributed by atoms with E-state index in [1.807, 2.05) is 11.6 Å². The van der Waals surface area contributed by atoms with Crippen molar-refractivity contribution in [2.75, 3.05) is 13.7 Å². The van der Waals surface area contributed by atoms with E-state index in [0.29, 0.717) is 29.2 Å². The maximum absolute atomic E-state index is 12.7. The molecule has 212 valence electrons. The van der Waals surface area contributed by atoms with E-state index in [1.165, 1.54) is 37.4 Å². The second-order valence-corrected chi connectivity index (χ2v) is 10.6. The van der Waals surface area contributed by atoms with Crippen LogP contribution in [-0.4, -0.2) is 51.1 Å². The maximum Gasteiger partial charge on any atom is 0.515 e. The van der Waals surface area contributed by atoms with Crippen LogP contribution in [0.25, 0.3) is 0 Å². The standard InChI is InChI=1S/C27H28ClN3O8S/c1-4-17(2)38-27(34)39-24-12-7-19(16-30-24)25(32)31-40(35,36)21-9-5-18(6-10-21)13-14-29-26(33)22-15-20(28)8-11-23(22)37-3/h5-12,15-17H,4,13-14H2,1-3H3,(H,29,33)(H,31,32)/t17-/m0/s1. The number of hydrogen-bond acceptors (Lipinski definition) is 9. The first-order chi connectivity index (χ1) is 19.0. The van der Waals surface area contributed by atoms with Gasteiger partial charge in [-0.25, -0.2) is 22.9 Å². The summed E-state index contributed by atoms with van der Waals surface area (Å²) in [5, 5.41) is 3.17. The van der Waals surface area contributed by atoms with Gasteiger partial charge in [-0.1, -0.05) is 30.7 Å². The number of pyridine rings is 1. The zero-order valence-corrected chi connectivity index (χ0v) is 23.5. The van der Waals surface area contributed by atoms with Gasteiger partial charge in [0.1, 0.15) is 11.9 Å². The van der Waals surface area contributed by atoms with Crippen molar-refractivity contribution in [3.05, 3.63) is 82.5 Å². The lowest BCUT2D eigenvalue weighted by atomic mass is 10.1. The van der Waals surface area contributed by atoms with Crippen LogP contribution in [0.4, 0.5) is 4.79 Å². The van der Waals surface area contributed by atoms with E-state index in [0.717, 1.165) is 11.8 Å². The van der Waals surface area contributed by atoms with Gasteiger partial charge in [-0.05, 0) is 61.7 Å². The van der Waals surface area contributed by atoms with Crippen LogP contribution >= 0.6 is 11.6 Å². The molecule has 0 aliphatic carbocycles. The zero-order chi connectivity index (χ0) is 29.3. The van der Waals surface area contributed by atoms with Crippen LogP contribution in [0.1, 0.15) is 46.5 Å². The molecule has 0 saturated heterocycles. The van der Waals surface area contributed by atoms with Crippen LogP contribution in [0.5, 0.6) is 11.6 Å².